The Kier molecular flexibility index (Phi) is 5.75. The molecule has 1 aromatic carbocycles. The molecule has 1 heterocycles. The first-order chi connectivity index (χ1) is 10.2. The number of hydrogen-bond acceptors (Lipinski definition) is 4. The first kappa shape index (κ1) is 15.5. The number of nitrogens with zero attached hydrogens (tertiary/aromatic N) is 3. The van der Waals surface area contributed by atoms with Crippen LogP contribution in [0.15, 0.2) is 24.3 Å². The molecular weight excluding hydrogens is 264 g/mol. The second-order valence-electron chi connectivity index (χ2n) is 5.18. The fourth-order valence-electron chi connectivity index (χ4n) is 2.33. The number of ether oxygens (including phenoxy) is 1. The van der Waals surface area contributed by atoms with Gasteiger partial charge < -0.3 is 10.5 Å². The predicted octanol–water partition coefficient (Wildman–Crippen LogP) is 2.47. The van der Waals surface area contributed by atoms with Crippen molar-refractivity contribution in [2.24, 2.45) is 5.73 Å². The third kappa shape index (κ3) is 4.29. The molecule has 2 aromatic rings. The Morgan fingerprint density at radius 1 is 1.33 bits per heavy atom. The maximum absolute atomic E-state index is 5.76. The minimum Gasteiger partial charge on any atom is -0.494 e. The topological polar surface area (TPSA) is 66.0 Å². The van der Waals surface area contributed by atoms with E-state index in [1.54, 1.807) is 0 Å². The van der Waals surface area contributed by atoms with Crippen molar-refractivity contribution in [1.82, 2.24) is 15.0 Å². The maximum Gasteiger partial charge on any atom is 0.119 e. The van der Waals surface area contributed by atoms with Crippen LogP contribution in [0, 0.1) is 6.92 Å². The van der Waals surface area contributed by atoms with Crippen molar-refractivity contribution in [2.75, 3.05) is 6.61 Å². The van der Waals surface area contributed by atoms with E-state index in [-0.39, 0.29) is 0 Å². The van der Waals surface area contributed by atoms with Crippen molar-refractivity contribution in [3.63, 3.8) is 0 Å². The normalized spacial score (nSPS) is 10.8. The molecule has 114 valence electrons. The standard InChI is InChI=1S/C16H24N4O/c1-3-6-16-15(12-17)18-19-20(16)9-5-10-21-14-8-4-7-13(2)11-14/h4,7-8,11H,3,5-6,9-10,12,17H2,1-2H3. The Morgan fingerprint density at radius 2 is 2.19 bits per heavy atom. The lowest BCUT2D eigenvalue weighted by Gasteiger charge is -2.09. The van der Waals surface area contributed by atoms with Gasteiger partial charge in [0, 0.05) is 19.5 Å². The van der Waals surface area contributed by atoms with E-state index < -0.39 is 0 Å². The molecule has 0 radical (unpaired) electrons. The van der Waals surface area contributed by atoms with Crippen LogP contribution in [0.3, 0.4) is 0 Å². The molecule has 0 atom stereocenters. The van der Waals surface area contributed by atoms with Gasteiger partial charge in [0.1, 0.15) is 5.75 Å². The van der Waals surface area contributed by atoms with Crippen molar-refractivity contribution in [2.45, 2.75) is 46.2 Å². The van der Waals surface area contributed by atoms with Gasteiger partial charge in [0.25, 0.3) is 0 Å². The minimum atomic E-state index is 0.453. The summed E-state index contributed by atoms with van der Waals surface area (Å²) in [4.78, 5) is 0. The quantitative estimate of drug-likeness (QED) is 0.758. The summed E-state index contributed by atoms with van der Waals surface area (Å²) < 4.78 is 7.72. The van der Waals surface area contributed by atoms with Crippen molar-refractivity contribution in [3.05, 3.63) is 41.2 Å². The first-order valence-corrected chi connectivity index (χ1v) is 7.55. The largest absolute Gasteiger partial charge is 0.494 e. The SMILES string of the molecule is CCCc1c(CN)nnn1CCCOc1cccc(C)c1. The lowest BCUT2D eigenvalue weighted by molar-refractivity contribution is 0.296. The lowest BCUT2D eigenvalue weighted by Crippen LogP contribution is -2.10. The molecule has 0 spiro atoms. The van der Waals surface area contributed by atoms with Crippen molar-refractivity contribution >= 4 is 0 Å². The molecule has 0 bridgehead atoms. The number of aryl methyl sites for hydroxylation is 2. The van der Waals surface area contributed by atoms with E-state index in [2.05, 4.69) is 30.2 Å². The van der Waals surface area contributed by atoms with Crippen LogP contribution in [-0.2, 0) is 19.5 Å². The van der Waals surface area contributed by atoms with E-state index >= 15 is 0 Å². The average molecular weight is 288 g/mol. The van der Waals surface area contributed by atoms with Gasteiger partial charge in [-0.1, -0.05) is 30.7 Å². The van der Waals surface area contributed by atoms with Gasteiger partial charge in [-0.05, 0) is 31.0 Å². The Balaban J connectivity index is 1.84. The molecule has 0 aliphatic rings. The summed E-state index contributed by atoms with van der Waals surface area (Å²) >= 11 is 0. The molecule has 0 unspecified atom stereocenters. The monoisotopic (exact) mass is 288 g/mol. The Morgan fingerprint density at radius 3 is 2.90 bits per heavy atom. The molecule has 21 heavy (non-hydrogen) atoms. The van der Waals surface area contributed by atoms with Crippen LogP contribution in [0.25, 0.3) is 0 Å². The zero-order chi connectivity index (χ0) is 15.1. The zero-order valence-electron chi connectivity index (χ0n) is 12.9. The molecule has 0 saturated carbocycles. The summed E-state index contributed by atoms with van der Waals surface area (Å²) in [6, 6.07) is 8.10. The minimum absolute atomic E-state index is 0.453. The third-order valence-electron chi connectivity index (χ3n) is 3.37. The summed E-state index contributed by atoms with van der Waals surface area (Å²) in [6.45, 7) is 6.15. The van der Waals surface area contributed by atoms with Crippen LogP contribution >= 0.6 is 0 Å². The number of aromatic nitrogens is 3. The van der Waals surface area contributed by atoms with Crippen LogP contribution in [0.2, 0.25) is 0 Å². The molecule has 5 nitrogen and oxygen atoms in total. The molecule has 0 aliphatic heterocycles. The Hall–Kier alpha value is -1.88. The smallest absolute Gasteiger partial charge is 0.119 e. The fraction of sp³-hybridized carbons (Fsp3) is 0.500. The molecular formula is C16H24N4O. The first-order valence-electron chi connectivity index (χ1n) is 7.55. The fourth-order valence-corrected chi connectivity index (χ4v) is 2.33. The van der Waals surface area contributed by atoms with Gasteiger partial charge in [-0.2, -0.15) is 0 Å². The van der Waals surface area contributed by atoms with Gasteiger partial charge in [0.2, 0.25) is 0 Å². The molecule has 0 fully saturated rings. The van der Waals surface area contributed by atoms with Crippen LogP contribution < -0.4 is 10.5 Å². The number of benzene rings is 1. The van der Waals surface area contributed by atoms with Gasteiger partial charge >= 0.3 is 0 Å². The van der Waals surface area contributed by atoms with Crippen LogP contribution in [-0.4, -0.2) is 21.6 Å². The Labute approximate surface area is 126 Å². The summed E-state index contributed by atoms with van der Waals surface area (Å²) in [5, 5.41) is 8.34. The summed E-state index contributed by atoms with van der Waals surface area (Å²) in [5.41, 5.74) is 8.98. The predicted molar refractivity (Wildman–Crippen MR) is 83.2 cm³/mol. The van der Waals surface area contributed by atoms with E-state index in [0.29, 0.717) is 13.2 Å². The lowest BCUT2D eigenvalue weighted by atomic mass is 10.2. The number of nitrogens with two attached hydrogens (primary N) is 1. The van der Waals surface area contributed by atoms with Crippen molar-refractivity contribution in [3.8, 4) is 5.75 Å². The summed E-state index contributed by atoms with van der Waals surface area (Å²) in [6.07, 6.45) is 2.94. The van der Waals surface area contributed by atoms with Crippen LogP contribution in [0.4, 0.5) is 0 Å². The molecule has 0 saturated heterocycles. The molecule has 5 heteroatoms. The molecule has 1 aromatic heterocycles. The number of rotatable bonds is 8. The van der Waals surface area contributed by atoms with E-state index in [9.17, 15) is 0 Å². The second-order valence-corrected chi connectivity index (χ2v) is 5.18. The molecule has 2 rings (SSSR count). The van der Waals surface area contributed by atoms with Crippen LogP contribution in [0.5, 0.6) is 5.75 Å². The number of hydrogen-bond donors (Lipinski definition) is 1. The molecule has 0 amide bonds. The second kappa shape index (κ2) is 7.78. The average Bonchev–Trinajstić information content (AvgIpc) is 2.86. The van der Waals surface area contributed by atoms with Crippen LogP contribution in [0.1, 0.15) is 36.7 Å². The highest BCUT2D eigenvalue weighted by molar-refractivity contribution is 5.27. The van der Waals surface area contributed by atoms with Gasteiger partial charge in [-0.15, -0.1) is 5.10 Å². The molecule has 2 N–H and O–H groups in total. The van der Waals surface area contributed by atoms with E-state index in [1.807, 2.05) is 22.9 Å². The maximum atomic E-state index is 5.76. The highest BCUT2D eigenvalue weighted by Crippen LogP contribution is 2.13. The third-order valence-corrected chi connectivity index (χ3v) is 3.37. The van der Waals surface area contributed by atoms with Gasteiger partial charge in [0.15, 0.2) is 0 Å². The highest BCUT2D eigenvalue weighted by atomic mass is 16.5. The Bertz CT molecular complexity index is 565. The summed E-state index contributed by atoms with van der Waals surface area (Å²) in [5.74, 6) is 0.921. The van der Waals surface area contributed by atoms with Crippen molar-refractivity contribution in [1.29, 1.82) is 0 Å². The zero-order valence-corrected chi connectivity index (χ0v) is 12.9. The van der Waals surface area contributed by atoms with Gasteiger partial charge in [-0.25, -0.2) is 4.68 Å². The van der Waals surface area contributed by atoms with Crippen molar-refractivity contribution < 1.29 is 4.74 Å². The van der Waals surface area contributed by atoms with E-state index in [1.165, 1.54) is 5.56 Å². The molecule has 0 aliphatic carbocycles. The summed E-state index contributed by atoms with van der Waals surface area (Å²) in [7, 11) is 0. The van der Waals surface area contributed by atoms with Gasteiger partial charge in [-0.3, -0.25) is 0 Å². The van der Waals surface area contributed by atoms with Gasteiger partial charge in [0.05, 0.1) is 18.0 Å². The van der Waals surface area contributed by atoms with E-state index in [0.717, 1.165) is 42.9 Å². The highest BCUT2D eigenvalue weighted by Gasteiger charge is 2.10. The van der Waals surface area contributed by atoms with E-state index in [4.69, 9.17) is 10.5 Å².